The van der Waals surface area contributed by atoms with Gasteiger partial charge in [0.05, 0.1) is 37.9 Å². The second-order valence-electron chi connectivity index (χ2n) is 16.2. The van der Waals surface area contributed by atoms with Crippen molar-refractivity contribution in [2.45, 2.75) is 238 Å². The van der Waals surface area contributed by atoms with Gasteiger partial charge in [0, 0.05) is 6.54 Å². The van der Waals surface area contributed by atoms with Crippen LogP contribution in [-0.4, -0.2) is 59.0 Å². The SMILES string of the molecule is CCCCC/C=C\C=C/CCCCCCCCCCC(O)CC(=O)NC(COP(=O)(O)OCCN)C(O)/C=C/CCCCCCCCCCCCCCCCCC. The number of hydrogen-bond acceptors (Lipinski definition) is 7. The summed E-state index contributed by atoms with van der Waals surface area (Å²) in [5, 5.41) is 24.1. The molecule has 0 aromatic heterocycles. The molecule has 0 saturated heterocycles. The van der Waals surface area contributed by atoms with Gasteiger partial charge in [-0.3, -0.25) is 13.8 Å². The van der Waals surface area contributed by atoms with Crippen LogP contribution in [0.5, 0.6) is 0 Å². The molecule has 0 aromatic rings. The molecule has 0 fully saturated rings. The summed E-state index contributed by atoms with van der Waals surface area (Å²) in [5.74, 6) is -0.449. The Hall–Kier alpha value is -1.32. The molecule has 4 atom stereocenters. The number of phosphoric ester groups is 1. The Morgan fingerprint density at radius 2 is 1.02 bits per heavy atom. The van der Waals surface area contributed by atoms with Gasteiger partial charge in [-0.25, -0.2) is 4.57 Å². The van der Waals surface area contributed by atoms with Crippen LogP contribution in [0, 0.1) is 0 Å². The number of rotatable bonds is 44. The zero-order chi connectivity index (χ0) is 41.9. The van der Waals surface area contributed by atoms with Crippen molar-refractivity contribution in [1.29, 1.82) is 0 Å². The van der Waals surface area contributed by atoms with Crippen molar-refractivity contribution < 1.29 is 33.5 Å². The molecule has 0 spiro atoms. The van der Waals surface area contributed by atoms with Gasteiger partial charge in [0.1, 0.15) is 0 Å². The Balaban J connectivity index is 4.27. The van der Waals surface area contributed by atoms with E-state index in [1.54, 1.807) is 6.08 Å². The molecule has 0 aliphatic carbocycles. The molecule has 10 heteroatoms. The lowest BCUT2D eigenvalue weighted by molar-refractivity contribution is -0.124. The maximum atomic E-state index is 12.8. The molecule has 0 aliphatic rings. The van der Waals surface area contributed by atoms with E-state index in [0.29, 0.717) is 6.42 Å². The maximum Gasteiger partial charge on any atom is 0.472 e. The predicted molar refractivity (Wildman–Crippen MR) is 241 cm³/mol. The smallest absolute Gasteiger partial charge is 0.393 e. The number of amides is 1. The molecule has 336 valence electrons. The number of hydrogen-bond donors (Lipinski definition) is 5. The van der Waals surface area contributed by atoms with Gasteiger partial charge in [0.15, 0.2) is 0 Å². The molecular weight excluding hydrogens is 735 g/mol. The quantitative estimate of drug-likeness (QED) is 0.0176. The van der Waals surface area contributed by atoms with E-state index in [9.17, 15) is 24.5 Å². The average molecular weight is 827 g/mol. The van der Waals surface area contributed by atoms with Crippen LogP contribution in [0.15, 0.2) is 36.5 Å². The number of carbonyl (C=O) groups is 1. The van der Waals surface area contributed by atoms with Gasteiger partial charge in [0.25, 0.3) is 0 Å². The van der Waals surface area contributed by atoms with Crippen LogP contribution in [-0.2, 0) is 18.4 Å². The van der Waals surface area contributed by atoms with Crippen LogP contribution in [0.25, 0.3) is 0 Å². The fraction of sp³-hybridized carbons (Fsp3) is 0.851. The number of nitrogens with one attached hydrogen (secondary N) is 1. The molecule has 0 aromatic carbocycles. The van der Waals surface area contributed by atoms with Crippen LogP contribution in [0.4, 0.5) is 0 Å². The first kappa shape index (κ1) is 55.7. The molecule has 0 bridgehead atoms. The summed E-state index contributed by atoms with van der Waals surface area (Å²) in [6, 6.07) is -0.984. The molecule has 0 aliphatic heterocycles. The lowest BCUT2D eigenvalue weighted by atomic mass is 10.0. The third kappa shape index (κ3) is 41.2. The van der Waals surface area contributed by atoms with E-state index in [4.69, 9.17) is 14.8 Å². The standard InChI is InChI=1S/C47H91N2O7P/c1-3-5-7-9-11-13-15-17-19-21-23-25-27-29-31-33-35-37-39-46(51)45(43-56-57(53,54)55-41-40-48)49-47(52)42-44(50)38-36-34-32-30-28-26-24-22-20-18-16-14-12-10-8-6-4-2/h12,14,16,18,37,39,44-46,50-51H,3-11,13,15,17,19-36,38,40-43,48H2,1-2H3,(H,49,52)(H,53,54)/b14-12-,18-16-,39-37+. The van der Waals surface area contributed by atoms with Crippen molar-refractivity contribution in [1.82, 2.24) is 5.32 Å². The molecule has 4 unspecified atom stereocenters. The minimum atomic E-state index is -4.40. The second kappa shape index (κ2) is 42.8. The maximum absolute atomic E-state index is 12.8. The highest BCUT2D eigenvalue weighted by Gasteiger charge is 2.27. The minimum absolute atomic E-state index is 0.0481. The molecule has 0 saturated carbocycles. The molecule has 0 heterocycles. The fourth-order valence-electron chi connectivity index (χ4n) is 6.93. The third-order valence-corrected chi connectivity index (χ3v) is 11.5. The number of allylic oxidation sites excluding steroid dienone is 5. The summed E-state index contributed by atoms with van der Waals surface area (Å²) in [7, 11) is -4.40. The van der Waals surface area contributed by atoms with Gasteiger partial charge < -0.3 is 26.2 Å². The Morgan fingerprint density at radius 3 is 1.49 bits per heavy atom. The van der Waals surface area contributed by atoms with Crippen molar-refractivity contribution in [2.24, 2.45) is 5.73 Å². The zero-order valence-corrected chi connectivity index (χ0v) is 37.8. The number of unbranched alkanes of at least 4 members (excludes halogenated alkanes) is 27. The summed E-state index contributed by atoms with van der Waals surface area (Å²) in [4.78, 5) is 22.8. The number of carbonyl (C=O) groups excluding carboxylic acids is 1. The van der Waals surface area contributed by atoms with Crippen molar-refractivity contribution >= 4 is 13.7 Å². The van der Waals surface area contributed by atoms with E-state index in [-0.39, 0.29) is 19.6 Å². The van der Waals surface area contributed by atoms with E-state index in [1.807, 2.05) is 6.08 Å². The molecule has 57 heavy (non-hydrogen) atoms. The molecule has 6 N–H and O–H groups in total. The normalized spacial score (nSPS) is 14.8. The summed E-state index contributed by atoms with van der Waals surface area (Å²) < 4.78 is 22.1. The molecule has 9 nitrogen and oxygen atoms in total. The van der Waals surface area contributed by atoms with Crippen LogP contribution < -0.4 is 11.1 Å². The summed E-state index contributed by atoms with van der Waals surface area (Å²) >= 11 is 0. The lowest BCUT2D eigenvalue weighted by Crippen LogP contribution is -2.46. The first-order valence-corrected chi connectivity index (χ1v) is 25.2. The second-order valence-corrected chi connectivity index (χ2v) is 17.6. The van der Waals surface area contributed by atoms with Gasteiger partial charge in [-0.2, -0.15) is 0 Å². The van der Waals surface area contributed by atoms with Gasteiger partial charge in [-0.1, -0.05) is 204 Å². The Labute approximate surface area is 351 Å². The first-order valence-electron chi connectivity index (χ1n) is 23.7. The van der Waals surface area contributed by atoms with Crippen molar-refractivity contribution in [2.75, 3.05) is 19.8 Å². The monoisotopic (exact) mass is 827 g/mol. The summed E-state index contributed by atoms with van der Waals surface area (Å²) in [6.07, 6.45) is 47.9. The van der Waals surface area contributed by atoms with Crippen molar-refractivity contribution in [3.63, 3.8) is 0 Å². The van der Waals surface area contributed by atoms with Crippen LogP contribution in [0.2, 0.25) is 0 Å². The number of nitrogens with two attached hydrogens (primary N) is 1. The highest BCUT2D eigenvalue weighted by atomic mass is 31.2. The number of phosphoric acid groups is 1. The van der Waals surface area contributed by atoms with Crippen molar-refractivity contribution in [3.05, 3.63) is 36.5 Å². The topological polar surface area (TPSA) is 151 Å². The average Bonchev–Trinajstić information content (AvgIpc) is 3.19. The Bertz CT molecular complexity index is 1010. The number of aliphatic hydroxyl groups excluding tert-OH is 2. The largest absolute Gasteiger partial charge is 0.472 e. The van der Waals surface area contributed by atoms with E-state index in [2.05, 4.69) is 43.5 Å². The van der Waals surface area contributed by atoms with Crippen LogP contribution in [0.3, 0.4) is 0 Å². The molecule has 0 rings (SSSR count). The Morgan fingerprint density at radius 1 is 0.614 bits per heavy atom. The van der Waals surface area contributed by atoms with Gasteiger partial charge >= 0.3 is 7.82 Å². The van der Waals surface area contributed by atoms with E-state index < -0.39 is 38.6 Å². The number of aliphatic hydroxyl groups is 2. The minimum Gasteiger partial charge on any atom is -0.393 e. The van der Waals surface area contributed by atoms with Crippen LogP contribution >= 0.6 is 7.82 Å². The van der Waals surface area contributed by atoms with E-state index >= 15 is 0 Å². The summed E-state index contributed by atoms with van der Waals surface area (Å²) in [5.41, 5.74) is 5.37. The fourth-order valence-corrected chi connectivity index (χ4v) is 7.69. The van der Waals surface area contributed by atoms with Gasteiger partial charge in [-0.15, -0.1) is 0 Å². The highest BCUT2D eigenvalue weighted by Crippen LogP contribution is 2.43. The third-order valence-electron chi connectivity index (χ3n) is 10.5. The Kier molecular flexibility index (Phi) is 41.8. The first-order chi connectivity index (χ1) is 27.8. The van der Waals surface area contributed by atoms with Gasteiger partial charge in [-0.05, 0) is 44.9 Å². The van der Waals surface area contributed by atoms with Crippen molar-refractivity contribution in [3.8, 4) is 0 Å². The molecular formula is C47H91N2O7P. The van der Waals surface area contributed by atoms with E-state index in [0.717, 1.165) is 44.9 Å². The lowest BCUT2D eigenvalue weighted by Gasteiger charge is -2.24. The van der Waals surface area contributed by atoms with E-state index in [1.165, 1.54) is 148 Å². The predicted octanol–water partition coefficient (Wildman–Crippen LogP) is 12.5. The summed E-state index contributed by atoms with van der Waals surface area (Å²) in [6.45, 7) is 3.96. The molecule has 1 amide bonds. The van der Waals surface area contributed by atoms with Gasteiger partial charge in [0.2, 0.25) is 5.91 Å². The van der Waals surface area contributed by atoms with Crippen LogP contribution in [0.1, 0.15) is 219 Å². The molecule has 0 radical (unpaired) electrons. The highest BCUT2D eigenvalue weighted by molar-refractivity contribution is 7.47. The zero-order valence-electron chi connectivity index (χ0n) is 36.9.